The predicted octanol–water partition coefficient (Wildman–Crippen LogP) is 3.32. The van der Waals surface area contributed by atoms with E-state index in [1.54, 1.807) is 18.2 Å². The summed E-state index contributed by atoms with van der Waals surface area (Å²) in [5.41, 5.74) is 0.341. The average Bonchev–Trinajstić information content (AvgIpc) is 2.63. The lowest BCUT2D eigenvalue weighted by atomic mass is 10.2. The summed E-state index contributed by atoms with van der Waals surface area (Å²) in [6.45, 7) is 1.40. The van der Waals surface area contributed by atoms with Gasteiger partial charge in [-0.3, -0.25) is 4.79 Å². The molecular formula is C17H18Cl2N2O5S. The van der Waals surface area contributed by atoms with Gasteiger partial charge in [-0.25, -0.2) is 8.42 Å². The van der Waals surface area contributed by atoms with Crippen molar-refractivity contribution in [2.24, 2.45) is 0 Å². The highest BCUT2D eigenvalue weighted by atomic mass is 35.5. The minimum atomic E-state index is -4.06. The molecule has 0 bridgehead atoms. The molecule has 1 amide bonds. The summed E-state index contributed by atoms with van der Waals surface area (Å²) >= 11 is 11.8. The van der Waals surface area contributed by atoms with Crippen molar-refractivity contribution in [1.82, 2.24) is 4.72 Å². The molecule has 10 heteroatoms. The van der Waals surface area contributed by atoms with Crippen LogP contribution in [0.5, 0.6) is 11.5 Å². The maximum atomic E-state index is 12.5. The fourth-order valence-corrected chi connectivity index (χ4v) is 4.15. The Kier molecular flexibility index (Phi) is 6.94. The molecule has 2 aromatic carbocycles. The fraction of sp³-hybridized carbons (Fsp3) is 0.235. The lowest BCUT2D eigenvalue weighted by Crippen LogP contribution is -2.41. The van der Waals surface area contributed by atoms with Crippen LogP contribution in [0.1, 0.15) is 6.92 Å². The van der Waals surface area contributed by atoms with E-state index in [-0.39, 0.29) is 14.9 Å². The molecule has 0 aliphatic heterocycles. The van der Waals surface area contributed by atoms with Crippen molar-refractivity contribution in [3.8, 4) is 11.5 Å². The highest BCUT2D eigenvalue weighted by Gasteiger charge is 2.25. The Hall–Kier alpha value is -2.00. The minimum absolute atomic E-state index is 0.00558. The van der Waals surface area contributed by atoms with Crippen LogP contribution in [-0.2, 0) is 14.8 Å². The van der Waals surface area contributed by atoms with Gasteiger partial charge in [0.2, 0.25) is 15.9 Å². The number of hydrogen-bond acceptors (Lipinski definition) is 5. The van der Waals surface area contributed by atoms with Crippen molar-refractivity contribution in [2.75, 3.05) is 19.5 Å². The van der Waals surface area contributed by atoms with Crippen molar-refractivity contribution in [2.45, 2.75) is 17.9 Å². The smallest absolute Gasteiger partial charge is 0.242 e. The largest absolute Gasteiger partial charge is 0.497 e. The van der Waals surface area contributed by atoms with Gasteiger partial charge in [-0.2, -0.15) is 4.72 Å². The van der Waals surface area contributed by atoms with Crippen LogP contribution in [0.15, 0.2) is 41.3 Å². The topological polar surface area (TPSA) is 93.7 Å². The number of rotatable bonds is 7. The monoisotopic (exact) mass is 432 g/mol. The van der Waals surface area contributed by atoms with E-state index in [1.165, 1.54) is 39.3 Å². The zero-order valence-corrected chi connectivity index (χ0v) is 17.1. The van der Waals surface area contributed by atoms with Gasteiger partial charge in [-0.15, -0.1) is 0 Å². The molecule has 0 saturated heterocycles. The highest BCUT2D eigenvalue weighted by Crippen LogP contribution is 2.29. The number of halogens is 2. The van der Waals surface area contributed by atoms with E-state index in [0.29, 0.717) is 17.2 Å². The summed E-state index contributed by atoms with van der Waals surface area (Å²) in [5, 5.41) is 2.81. The molecule has 2 aromatic rings. The number of methoxy groups -OCH3 is 2. The van der Waals surface area contributed by atoms with E-state index in [9.17, 15) is 13.2 Å². The normalized spacial score (nSPS) is 12.3. The number of amides is 1. The van der Waals surface area contributed by atoms with E-state index in [1.807, 2.05) is 0 Å². The molecule has 0 saturated carbocycles. The second-order valence-corrected chi connectivity index (χ2v) is 8.00. The summed E-state index contributed by atoms with van der Waals surface area (Å²) in [6, 6.07) is 7.80. The number of sulfonamides is 1. The van der Waals surface area contributed by atoms with Gasteiger partial charge in [0.25, 0.3) is 0 Å². The third kappa shape index (κ3) is 5.26. The van der Waals surface area contributed by atoms with Gasteiger partial charge in [0.15, 0.2) is 0 Å². The summed E-state index contributed by atoms with van der Waals surface area (Å²) in [6.07, 6.45) is 0. The van der Waals surface area contributed by atoms with Crippen molar-refractivity contribution in [3.63, 3.8) is 0 Å². The second kappa shape index (κ2) is 8.79. The zero-order valence-electron chi connectivity index (χ0n) is 14.7. The first kappa shape index (κ1) is 21.3. The Bertz CT molecular complexity index is 950. The fourth-order valence-electron chi connectivity index (χ4n) is 2.19. The molecule has 2 N–H and O–H groups in total. The van der Waals surface area contributed by atoms with Crippen LogP contribution in [0, 0.1) is 0 Å². The number of carbonyl (C=O) groups is 1. The number of nitrogens with one attached hydrogen (secondary N) is 2. The molecule has 0 heterocycles. The summed E-state index contributed by atoms with van der Waals surface area (Å²) < 4.78 is 37.6. The lowest BCUT2D eigenvalue weighted by molar-refractivity contribution is -0.117. The van der Waals surface area contributed by atoms with E-state index in [4.69, 9.17) is 32.7 Å². The Balaban J connectivity index is 2.19. The molecule has 0 fully saturated rings. The van der Waals surface area contributed by atoms with Crippen LogP contribution in [0.25, 0.3) is 0 Å². The standard InChI is InChI=1S/C17H18Cl2N2O5S/c1-10(21-27(23,24)16-8-11(18)4-6-13(16)19)17(22)20-14-9-12(25-2)5-7-15(14)26-3/h4-10,21H,1-3H3,(H,20,22)/t10-/m0/s1. The van der Waals surface area contributed by atoms with E-state index >= 15 is 0 Å². The van der Waals surface area contributed by atoms with E-state index < -0.39 is 22.0 Å². The molecule has 0 unspecified atom stereocenters. The van der Waals surface area contributed by atoms with Crippen LogP contribution in [0.2, 0.25) is 10.0 Å². The van der Waals surface area contributed by atoms with Crippen molar-refractivity contribution in [1.29, 1.82) is 0 Å². The number of anilines is 1. The molecular weight excluding hydrogens is 415 g/mol. The van der Waals surface area contributed by atoms with Gasteiger partial charge in [0.05, 0.1) is 31.0 Å². The zero-order chi connectivity index (χ0) is 20.2. The summed E-state index contributed by atoms with van der Waals surface area (Å²) in [4.78, 5) is 12.2. The molecule has 0 spiro atoms. The highest BCUT2D eigenvalue weighted by molar-refractivity contribution is 7.89. The van der Waals surface area contributed by atoms with Crippen LogP contribution in [0.4, 0.5) is 5.69 Å². The Morgan fingerprint density at radius 1 is 1.07 bits per heavy atom. The Morgan fingerprint density at radius 3 is 2.41 bits per heavy atom. The van der Waals surface area contributed by atoms with Crippen LogP contribution in [-0.4, -0.2) is 34.6 Å². The first-order valence-electron chi connectivity index (χ1n) is 7.68. The molecule has 2 rings (SSSR count). The molecule has 7 nitrogen and oxygen atoms in total. The molecule has 0 radical (unpaired) electrons. The number of ether oxygens (including phenoxy) is 2. The number of carbonyl (C=O) groups excluding carboxylic acids is 1. The molecule has 0 aliphatic rings. The van der Waals surface area contributed by atoms with Gasteiger partial charge < -0.3 is 14.8 Å². The molecule has 0 aliphatic carbocycles. The first-order chi connectivity index (χ1) is 12.7. The number of hydrogen-bond donors (Lipinski definition) is 2. The van der Waals surface area contributed by atoms with E-state index in [0.717, 1.165) is 0 Å². The van der Waals surface area contributed by atoms with Gasteiger partial charge in [0.1, 0.15) is 16.4 Å². The van der Waals surface area contributed by atoms with E-state index in [2.05, 4.69) is 10.0 Å². The molecule has 1 atom stereocenters. The van der Waals surface area contributed by atoms with Crippen molar-refractivity contribution < 1.29 is 22.7 Å². The third-order valence-electron chi connectivity index (χ3n) is 3.57. The molecule has 0 aromatic heterocycles. The third-order valence-corrected chi connectivity index (χ3v) is 5.83. The first-order valence-corrected chi connectivity index (χ1v) is 9.92. The Morgan fingerprint density at radius 2 is 1.78 bits per heavy atom. The summed E-state index contributed by atoms with van der Waals surface area (Å²) in [7, 11) is -1.13. The van der Waals surface area contributed by atoms with Gasteiger partial charge in [-0.1, -0.05) is 23.2 Å². The maximum absolute atomic E-state index is 12.5. The van der Waals surface area contributed by atoms with Crippen molar-refractivity contribution >= 4 is 44.8 Å². The quantitative estimate of drug-likeness (QED) is 0.699. The number of benzene rings is 2. The van der Waals surface area contributed by atoms with Crippen LogP contribution >= 0.6 is 23.2 Å². The van der Waals surface area contributed by atoms with Crippen LogP contribution in [0.3, 0.4) is 0 Å². The maximum Gasteiger partial charge on any atom is 0.242 e. The SMILES string of the molecule is COc1ccc(OC)c(NC(=O)[C@H](C)NS(=O)(=O)c2cc(Cl)ccc2Cl)c1. The second-order valence-electron chi connectivity index (χ2n) is 5.47. The molecule has 27 heavy (non-hydrogen) atoms. The van der Waals surface area contributed by atoms with Gasteiger partial charge >= 0.3 is 0 Å². The minimum Gasteiger partial charge on any atom is -0.497 e. The predicted molar refractivity (Wildman–Crippen MR) is 104 cm³/mol. The molecule has 146 valence electrons. The average molecular weight is 433 g/mol. The van der Waals surface area contributed by atoms with Crippen LogP contribution < -0.4 is 19.5 Å². The van der Waals surface area contributed by atoms with Crippen molar-refractivity contribution in [3.05, 3.63) is 46.4 Å². The lowest BCUT2D eigenvalue weighted by Gasteiger charge is -2.17. The Labute approximate surface area is 167 Å². The summed E-state index contributed by atoms with van der Waals surface area (Å²) in [5.74, 6) is 0.311. The van der Waals surface area contributed by atoms with Gasteiger partial charge in [-0.05, 0) is 37.3 Å². The van der Waals surface area contributed by atoms with Gasteiger partial charge in [0, 0.05) is 11.1 Å².